The topological polar surface area (TPSA) is 45.2 Å². The molecule has 2 aliphatic rings. The van der Waals surface area contributed by atoms with Gasteiger partial charge in [0.05, 0.1) is 10.5 Å². The molecule has 0 radical (unpaired) electrons. The molecule has 26 heavy (non-hydrogen) atoms. The summed E-state index contributed by atoms with van der Waals surface area (Å²) < 4.78 is 0. The summed E-state index contributed by atoms with van der Waals surface area (Å²) in [4.78, 5) is 19.9. The van der Waals surface area contributed by atoms with E-state index in [1.54, 1.807) is 0 Å². The number of nitrogens with zero attached hydrogens (tertiary/aromatic N) is 2. The standard InChI is InChI=1S/C21H26ClN3O/c1-2-25-11-5-6-15(25)13-23-21(26)14-9-10-17-19(12-14)24-18-8-4-3-7-16(18)20(17)22/h9-10,12,15H,2-8,11,13H2,1H3,(H,23,26)/t15-/m0/s1. The van der Waals surface area contributed by atoms with E-state index in [-0.39, 0.29) is 5.91 Å². The Kier molecular flexibility index (Phi) is 5.14. The van der Waals surface area contributed by atoms with Crippen LogP contribution in [0, 0.1) is 0 Å². The lowest BCUT2D eigenvalue weighted by molar-refractivity contribution is 0.0941. The van der Waals surface area contributed by atoms with E-state index in [1.807, 2.05) is 18.2 Å². The second-order valence-corrected chi connectivity index (χ2v) is 7.80. The maximum Gasteiger partial charge on any atom is 0.251 e. The first-order valence-corrected chi connectivity index (χ1v) is 10.2. The number of amides is 1. The van der Waals surface area contributed by atoms with E-state index in [1.165, 1.54) is 18.4 Å². The van der Waals surface area contributed by atoms with Gasteiger partial charge in [-0.15, -0.1) is 0 Å². The number of benzene rings is 1. The zero-order chi connectivity index (χ0) is 18.1. The molecule has 1 fully saturated rings. The van der Waals surface area contributed by atoms with Crippen molar-refractivity contribution in [3.05, 3.63) is 40.0 Å². The average molecular weight is 372 g/mol. The highest BCUT2D eigenvalue weighted by Gasteiger charge is 2.23. The first-order chi connectivity index (χ1) is 12.7. The maximum absolute atomic E-state index is 12.6. The summed E-state index contributed by atoms with van der Waals surface area (Å²) in [7, 11) is 0. The number of likely N-dealkylation sites (tertiary alicyclic amines) is 1. The van der Waals surface area contributed by atoms with Gasteiger partial charge < -0.3 is 5.32 Å². The van der Waals surface area contributed by atoms with E-state index in [0.29, 0.717) is 18.2 Å². The Morgan fingerprint density at radius 2 is 2.15 bits per heavy atom. The van der Waals surface area contributed by atoms with Gasteiger partial charge in [0.15, 0.2) is 0 Å². The van der Waals surface area contributed by atoms with Crippen LogP contribution in [0.25, 0.3) is 10.9 Å². The van der Waals surface area contributed by atoms with Gasteiger partial charge in [-0.3, -0.25) is 14.7 Å². The van der Waals surface area contributed by atoms with Crippen LogP contribution < -0.4 is 5.32 Å². The predicted molar refractivity (Wildman–Crippen MR) is 106 cm³/mol. The molecule has 1 atom stereocenters. The summed E-state index contributed by atoms with van der Waals surface area (Å²) in [5, 5.41) is 4.88. The second-order valence-electron chi connectivity index (χ2n) is 7.42. The van der Waals surface area contributed by atoms with Gasteiger partial charge in [-0.2, -0.15) is 0 Å². The number of aromatic nitrogens is 1. The lowest BCUT2D eigenvalue weighted by atomic mass is 9.94. The van der Waals surface area contributed by atoms with Crippen LogP contribution in [0.3, 0.4) is 0 Å². The van der Waals surface area contributed by atoms with Crippen molar-refractivity contribution in [2.24, 2.45) is 0 Å². The number of carbonyl (C=O) groups excluding carboxylic acids is 1. The van der Waals surface area contributed by atoms with Crippen molar-refractivity contribution in [3.8, 4) is 0 Å². The summed E-state index contributed by atoms with van der Waals surface area (Å²) in [6, 6.07) is 6.16. The molecule has 5 heteroatoms. The normalized spacial score (nSPS) is 20.3. The Balaban J connectivity index is 1.54. The minimum absolute atomic E-state index is 0.0227. The van der Waals surface area contributed by atoms with Gasteiger partial charge in [-0.05, 0) is 69.3 Å². The molecule has 4 nitrogen and oxygen atoms in total. The van der Waals surface area contributed by atoms with Gasteiger partial charge >= 0.3 is 0 Å². The lowest BCUT2D eigenvalue weighted by Gasteiger charge is -2.23. The van der Waals surface area contributed by atoms with Crippen molar-refractivity contribution >= 4 is 28.4 Å². The van der Waals surface area contributed by atoms with Crippen LogP contribution in [0.1, 0.15) is 54.2 Å². The summed E-state index contributed by atoms with van der Waals surface area (Å²) in [5.41, 5.74) is 3.80. The van der Waals surface area contributed by atoms with E-state index < -0.39 is 0 Å². The summed E-state index contributed by atoms with van der Waals surface area (Å²) in [5.74, 6) is -0.0227. The second kappa shape index (κ2) is 7.53. The average Bonchev–Trinajstić information content (AvgIpc) is 3.13. The number of hydrogen-bond acceptors (Lipinski definition) is 3. The summed E-state index contributed by atoms with van der Waals surface area (Å²) in [6.45, 7) is 5.08. The van der Waals surface area contributed by atoms with E-state index >= 15 is 0 Å². The Labute approximate surface area is 159 Å². The number of halogens is 1. The molecule has 0 bridgehead atoms. The van der Waals surface area contributed by atoms with Gasteiger partial charge in [0.1, 0.15) is 0 Å². The lowest BCUT2D eigenvalue weighted by Crippen LogP contribution is -2.40. The third-order valence-corrected chi connectivity index (χ3v) is 6.29. The Hall–Kier alpha value is -1.65. The van der Waals surface area contributed by atoms with Gasteiger partial charge in [0.2, 0.25) is 0 Å². The maximum atomic E-state index is 12.6. The SMILES string of the molecule is CCN1CCC[C@H]1CNC(=O)c1ccc2c(Cl)c3c(nc2c1)CCCC3. The third kappa shape index (κ3) is 3.33. The minimum atomic E-state index is -0.0227. The van der Waals surface area contributed by atoms with Crippen LogP contribution >= 0.6 is 11.6 Å². The zero-order valence-electron chi connectivity index (χ0n) is 15.4. The first-order valence-electron chi connectivity index (χ1n) is 9.80. The van der Waals surface area contributed by atoms with Crippen molar-refractivity contribution < 1.29 is 4.79 Å². The molecule has 1 aliphatic heterocycles. The van der Waals surface area contributed by atoms with Gasteiger partial charge in [0, 0.05) is 29.2 Å². The Morgan fingerprint density at radius 3 is 3.00 bits per heavy atom. The fraction of sp³-hybridized carbons (Fsp3) is 0.524. The molecular formula is C21H26ClN3O. The van der Waals surface area contributed by atoms with E-state index in [0.717, 1.165) is 60.4 Å². The predicted octanol–water partition coefficient (Wildman–Crippen LogP) is 3.98. The summed E-state index contributed by atoms with van der Waals surface area (Å²) in [6.07, 6.45) is 6.71. The van der Waals surface area contributed by atoms with Crippen molar-refractivity contribution in [3.63, 3.8) is 0 Å². The molecular weight excluding hydrogens is 346 g/mol. The van der Waals surface area contributed by atoms with Crippen molar-refractivity contribution in [2.75, 3.05) is 19.6 Å². The van der Waals surface area contributed by atoms with Crippen molar-refractivity contribution in [1.82, 2.24) is 15.2 Å². The van der Waals surface area contributed by atoms with Crippen LogP contribution in [-0.4, -0.2) is 41.5 Å². The molecule has 1 amide bonds. The minimum Gasteiger partial charge on any atom is -0.350 e. The molecule has 0 spiro atoms. The fourth-order valence-electron chi connectivity index (χ4n) is 4.36. The number of nitrogens with one attached hydrogen (secondary N) is 1. The quantitative estimate of drug-likeness (QED) is 0.884. The zero-order valence-corrected chi connectivity index (χ0v) is 16.1. The molecule has 0 saturated carbocycles. The molecule has 2 aromatic rings. The molecule has 1 aromatic heterocycles. The van der Waals surface area contributed by atoms with Crippen LogP contribution in [0.5, 0.6) is 0 Å². The molecule has 2 heterocycles. The number of fused-ring (bicyclic) bond motifs is 2. The molecule has 1 N–H and O–H groups in total. The van der Waals surface area contributed by atoms with Gasteiger partial charge in [0.25, 0.3) is 5.91 Å². The van der Waals surface area contributed by atoms with Gasteiger partial charge in [-0.1, -0.05) is 24.6 Å². The molecule has 1 saturated heterocycles. The van der Waals surface area contributed by atoms with Crippen LogP contribution in [0.4, 0.5) is 0 Å². The highest BCUT2D eigenvalue weighted by Crippen LogP contribution is 2.33. The summed E-state index contributed by atoms with van der Waals surface area (Å²) >= 11 is 6.62. The van der Waals surface area contributed by atoms with Crippen LogP contribution in [-0.2, 0) is 12.8 Å². The molecule has 0 unspecified atom stereocenters. The van der Waals surface area contributed by atoms with E-state index in [4.69, 9.17) is 16.6 Å². The Morgan fingerprint density at radius 1 is 1.31 bits per heavy atom. The number of hydrogen-bond donors (Lipinski definition) is 1. The number of carbonyl (C=O) groups is 1. The third-order valence-electron chi connectivity index (χ3n) is 5.86. The number of likely N-dealkylation sites (N-methyl/N-ethyl adjacent to an activating group) is 1. The molecule has 4 rings (SSSR count). The fourth-order valence-corrected chi connectivity index (χ4v) is 4.73. The number of rotatable bonds is 4. The highest BCUT2D eigenvalue weighted by atomic mass is 35.5. The smallest absolute Gasteiger partial charge is 0.251 e. The number of pyridine rings is 1. The van der Waals surface area contributed by atoms with Crippen molar-refractivity contribution in [1.29, 1.82) is 0 Å². The molecule has 138 valence electrons. The Bertz CT molecular complexity index is 836. The van der Waals surface area contributed by atoms with Gasteiger partial charge in [-0.25, -0.2) is 0 Å². The number of aryl methyl sites for hydroxylation is 1. The van der Waals surface area contributed by atoms with E-state index in [2.05, 4.69) is 17.1 Å². The monoisotopic (exact) mass is 371 g/mol. The van der Waals surface area contributed by atoms with Crippen LogP contribution in [0.15, 0.2) is 18.2 Å². The first kappa shape index (κ1) is 17.7. The van der Waals surface area contributed by atoms with Crippen molar-refractivity contribution in [2.45, 2.75) is 51.5 Å². The highest BCUT2D eigenvalue weighted by molar-refractivity contribution is 6.36. The van der Waals surface area contributed by atoms with E-state index in [9.17, 15) is 4.79 Å². The molecule has 1 aliphatic carbocycles. The van der Waals surface area contributed by atoms with Crippen LogP contribution in [0.2, 0.25) is 5.02 Å². The largest absolute Gasteiger partial charge is 0.350 e. The molecule has 1 aromatic carbocycles.